The van der Waals surface area contributed by atoms with E-state index in [0.29, 0.717) is 22.9 Å². The number of hydrogen-bond donors (Lipinski definition) is 1. The van der Waals surface area contributed by atoms with Gasteiger partial charge < -0.3 is 19.3 Å². The second-order valence-corrected chi connectivity index (χ2v) is 11.4. The van der Waals surface area contributed by atoms with Gasteiger partial charge in [-0.15, -0.1) is 5.10 Å². The van der Waals surface area contributed by atoms with Gasteiger partial charge in [0.25, 0.3) is 0 Å². The van der Waals surface area contributed by atoms with Crippen LogP contribution in [-0.4, -0.2) is 61.4 Å². The third kappa shape index (κ3) is 6.47. The van der Waals surface area contributed by atoms with Crippen LogP contribution in [0.1, 0.15) is 44.0 Å². The van der Waals surface area contributed by atoms with E-state index in [1.807, 2.05) is 19.1 Å². The molecule has 11 heteroatoms. The number of carboxylic acid groups (broad SMARTS) is 1. The van der Waals surface area contributed by atoms with Crippen LogP contribution in [0.4, 0.5) is 0 Å². The molecule has 0 spiro atoms. The van der Waals surface area contributed by atoms with Crippen molar-refractivity contribution in [3.05, 3.63) is 53.2 Å². The van der Waals surface area contributed by atoms with E-state index in [-0.39, 0.29) is 41.6 Å². The molecule has 0 aliphatic rings. The van der Waals surface area contributed by atoms with E-state index in [4.69, 9.17) is 19.3 Å². The van der Waals surface area contributed by atoms with Crippen LogP contribution in [0.25, 0.3) is 5.69 Å². The molecule has 1 heterocycles. The lowest BCUT2D eigenvalue weighted by molar-refractivity contribution is -0.138. The first-order valence-corrected chi connectivity index (χ1v) is 13.2. The Labute approximate surface area is 217 Å². The minimum Gasteiger partial charge on any atom is -0.494 e. The number of ether oxygens (including phenoxy) is 3. The van der Waals surface area contributed by atoms with Gasteiger partial charge in [0, 0.05) is 6.07 Å². The number of hydrogen-bond acceptors (Lipinski definition) is 8. The molecule has 0 saturated carbocycles. The zero-order chi connectivity index (χ0) is 27.4. The molecule has 10 nitrogen and oxygen atoms in total. The van der Waals surface area contributed by atoms with Gasteiger partial charge in [0.15, 0.2) is 0 Å². The molecule has 0 amide bonds. The molecule has 2 aromatic carbocycles. The first-order chi connectivity index (χ1) is 17.4. The maximum absolute atomic E-state index is 13.4. The highest BCUT2D eigenvalue weighted by Gasteiger charge is 2.27. The quantitative estimate of drug-likeness (QED) is 0.366. The number of methoxy groups -OCH3 is 1. The van der Waals surface area contributed by atoms with Crippen molar-refractivity contribution in [2.45, 2.75) is 56.4 Å². The van der Waals surface area contributed by atoms with Crippen molar-refractivity contribution in [1.29, 1.82) is 0 Å². The zero-order valence-electron chi connectivity index (χ0n) is 21.9. The Morgan fingerprint density at radius 2 is 1.70 bits per heavy atom. The van der Waals surface area contributed by atoms with Crippen LogP contribution in [0.2, 0.25) is 0 Å². The van der Waals surface area contributed by atoms with Gasteiger partial charge in [-0.3, -0.25) is 4.79 Å². The number of aryl methyl sites for hydroxylation is 1. The summed E-state index contributed by atoms with van der Waals surface area (Å²) < 4.78 is 44.7. The largest absolute Gasteiger partial charge is 0.494 e. The first kappa shape index (κ1) is 28.1. The summed E-state index contributed by atoms with van der Waals surface area (Å²) in [6, 6.07) is 10.3. The maximum Gasteiger partial charge on any atom is 0.305 e. The molecule has 0 atom stereocenters. The fourth-order valence-corrected chi connectivity index (χ4v) is 4.99. The Bertz CT molecular complexity index is 1360. The Balaban J connectivity index is 1.84. The molecule has 3 aromatic rings. The van der Waals surface area contributed by atoms with Crippen molar-refractivity contribution in [2.24, 2.45) is 0 Å². The van der Waals surface area contributed by atoms with Crippen molar-refractivity contribution in [3.8, 4) is 17.2 Å². The van der Waals surface area contributed by atoms with Crippen LogP contribution in [0, 0.1) is 13.8 Å². The summed E-state index contributed by atoms with van der Waals surface area (Å²) in [6.07, 6.45) is -0.0707. The van der Waals surface area contributed by atoms with E-state index in [1.165, 1.54) is 11.8 Å². The topological polar surface area (TPSA) is 130 Å². The number of aliphatic carboxylic acids is 1. The molecule has 0 fully saturated rings. The second kappa shape index (κ2) is 11.3. The van der Waals surface area contributed by atoms with Gasteiger partial charge in [-0.1, -0.05) is 38.1 Å². The molecule has 0 bridgehead atoms. The SMILES string of the molecule is COc1cc(OCCOCCC(=O)O)c(C)cc1-n1nnc(S(=O)(=O)c2ccc(C(C)(C)C)cc2)c1C. The van der Waals surface area contributed by atoms with Gasteiger partial charge in [-0.25, -0.2) is 13.1 Å². The van der Waals surface area contributed by atoms with Crippen molar-refractivity contribution in [1.82, 2.24) is 15.0 Å². The minimum absolute atomic E-state index is 0.0707. The predicted octanol–water partition coefficient (Wildman–Crippen LogP) is 3.89. The molecule has 37 heavy (non-hydrogen) atoms. The summed E-state index contributed by atoms with van der Waals surface area (Å²) in [4.78, 5) is 10.7. The lowest BCUT2D eigenvalue weighted by atomic mass is 9.87. The van der Waals surface area contributed by atoms with E-state index in [2.05, 4.69) is 31.1 Å². The summed E-state index contributed by atoms with van der Waals surface area (Å²) in [5, 5.41) is 16.7. The van der Waals surface area contributed by atoms with Crippen molar-refractivity contribution >= 4 is 15.8 Å². The third-order valence-corrected chi connectivity index (χ3v) is 7.57. The highest BCUT2D eigenvalue weighted by atomic mass is 32.2. The molecule has 200 valence electrons. The smallest absolute Gasteiger partial charge is 0.305 e. The monoisotopic (exact) mass is 531 g/mol. The van der Waals surface area contributed by atoms with Gasteiger partial charge in [-0.2, -0.15) is 0 Å². The number of carbonyl (C=O) groups is 1. The molecular formula is C26H33N3O7S. The standard InChI is InChI=1S/C26H33N3O7S/c1-17-15-21(23(34-6)16-22(17)36-14-13-35-12-11-24(30)31)29-18(2)25(27-28-29)37(32,33)20-9-7-19(8-10-20)26(3,4)5/h7-10,15-16H,11-14H2,1-6H3,(H,30,31). The molecule has 0 aliphatic carbocycles. The molecule has 1 aromatic heterocycles. The second-order valence-electron chi connectivity index (χ2n) is 9.56. The van der Waals surface area contributed by atoms with Crippen molar-refractivity contribution in [3.63, 3.8) is 0 Å². The summed E-state index contributed by atoms with van der Waals surface area (Å²) >= 11 is 0. The summed E-state index contributed by atoms with van der Waals surface area (Å²) in [5.41, 5.74) is 2.55. The number of benzene rings is 2. The van der Waals surface area contributed by atoms with Crippen LogP contribution in [0.15, 0.2) is 46.3 Å². The number of carboxylic acids is 1. The third-order valence-electron chi connectivity index (χ3n) is 5.79. The average Bonchev–Trinajstić information content (AvgIpc) is 3.23. The van der Waals surface area contributed by atoms with Crippen LogP contribution < -0.4 is 9.47 Å². The highest BCUT2D eigenvalue weighted by molar-refractivity contribution is 7.91. The zero-order valence-corrected chi connectivity index (χ0v) is 22.8. The number of sulfone groups is 1. The number of aromatic nitrogens is 3. The average molecular weight is 532 g/mol. The molecular weight excluding hydrogens is 498 g/mol. The van der Waals surface area contributed by atoms with Gasteiger partial charge in [-0.05, 0) is 48.6 Å². The molecule has 0 unspecified atom stereocenters. The molecule has 0 saturated heterocycles. The predicted molar refractivity (Wildman–Crippen MR) is 137 cm³/mol. The van der Waals surface area contributed by atoms with Crippen LogP contribution in [-0.2, 0) is 24.8 Å². The van der Waals surface area contributed by atoms with E-state index < -0.39 is 15.8 Å². The Morgan fingerprint density at radius 1 is 1.03 bits per heavy atom. The van der Waals surface area contributed by atoms with E-state index in [9.17, 15) is 13.2 Å². The van der Waals surface area contributed by atoms with Crippen LogP contribution in [0.3, 0.4) is 0 Å². The van der Waals surface area contributed by atoms with E-state index in [1.54, 1.807) is 31.2 Å². The lowest BCUT2D eigenvalue weighted by Gasteiger charge is -2.19. The fourth-order valence-electron chi connectivity index (χ4n) is 3.65. The molecule has 1 N–H and O–H groups in total. The summed E-state index contributed by atoms with van der Waals surface area (Å²) in [7, 11) is -2.40. The van der Waals surface area contributed by atoms with Crippen LogP contribution >= 0.6 is 0 Å². The number of rotatable bonds is 11. The van der Waals surface area contributed by atoms with Gasteiger partial charge in [0.1, 0.15) is 23.8 Å². The van der Waals surface area contributed by atoms with Crippen LogP contribution in [0.5, 0.6) is 11.5 Å². The summed E-state index contributed by atoms with van der Waals surface area (Å²) in [5.74, 6) is 0.0424. The van der Waals surface area contributed by atoms with Gasteiger partial charge in [0.05, 0.1) is 37.3 Å². The molecule has 0 aliphatic heterocycles. The Kier molecular flexibility index (Phi) is 8.60. The Morgan fingerprint density at radius 3 is 2.30 bits per heavy atom. The normalized spacial score (nSPS) is 11.9. The van der Waals surface area contributed by atoms with E-state index in [0.717, 1.165) is 11.1 Å². The van der Waals surface area contributed by atoms with Gasteiger partial charge >= 0.3 is 5.97 Å². The van der Waals surface area contributed by atoms with Gasteiger partial charge in [0.2, 0.25) is 14.9 Å². The lowest BCUT2D eigenvalue weighted by Crippen LogP contribution is -2.12. The highest BCUT2D eigenvalue weighted by Crippen LogP contribution is 2.33. The Hall–Kier alpha value is -3.44. The van der Waals surface area contributed by atoms with Crippen molar-refractivity contribution < 1.29 is 32.5 Å². The first-order valence-electron chi connectivity index (χ1n) is 11.8. The maximum atomic E-state index is 13.4. The number of nitrogens with zero attached hydrogens (tertiary/aromatic N) is 3. The summed E-state index contributed by atoms with van der Waals surface area (Å²) in [6.45, 7) is 10.2. The molecule has 0 radical (unpaired) electrons. The van der Waals surface area contributed by atoms with E-state index >= 15 is 0 Å². The van der Waals surface area contributed by atoms with Crippen molar-refractivity contribution in [2.75, 3.05) is 26.9 Å². The minimum atomic E-state index is -3.89. The fraction of sp³-hybridized carbons (Fsp3) is 0.423. The molecule has 3 rings (SSSR count).